The zero-order valence-corrected chi connectivity index (χ0v) is 14.3. The Kier molecular flexibility index (Phi) is 3.17. The van der Waals surface area contributed by atoms with E-state index in [2.05, 4.69) is 17.1 Å². The molecule has 2 fully saturated rings. The van der Waals surface area contributed by atoms with Gasteiger partial charge in [0.1, 0.15) is 5.02 Å². The molecule has 1 aromatic rings. The van der Waals surface area contributed by atoms with Crippen molar-refractivity contribution in [3.05, 3.63) is 38.9 Å². The van der Waals surface area contributed by atoms with Crippen LogP contribution in [0, 0.1) is 43.6 Å². The van der Waals surface area contributed by atoms with Gasteiger partial charge in [-0.1, -0.05) is 17.7 Å². The molecule has 5 atom stereocenters. The molecule has 0 bridgehead atoms. The molecule has 0 amide bonds. The molecule has 2 aliphatic heterocycles. The maximum absolute atomic E-state index is 11.2. The second kappa shape index (κ2) is 4.92. The Morgan fingerprint density at radius 2 is 2.19 bits per heavy atom. The Balaban J connectivity index is 1.91. The predicted octanol–water partition coefficient (Wildman–Crippen LogP) is -0.0941. The maximum atomic E-state index is 11.2. The lowest BCUT2D eigenvalue weighted by molar-refractivity contribution is -0.677. The summed E-state index contributed by atoms with van der Waals surface area (Å²) in [5.74, 6) is -2.27. The largest absolute Gasteiger partial charge is 0.343 e. The Morgan fingerprint density at radius 1 is 1.46 bits per heavy atom. The van der Waals surface area contributed by atoms with Crippen molar-refractivity contribution >= 4 is 23.1 Å². The van der Waals surface area contributed by atoms with E-state index < -0.39 is 27.6 Å². The topological polar surface area (TPSA) is 149 Å². The lowest BCUT2D eigenvalue weighted by atomic mass is 9.94. The molecule has 0 radical (unpaired) electrons. The van der Waals surface area contributed by atoms with E-state index >= 15 is 0 Å². The highest BCUT2D eigenvalue weighted by molar-refractivity contribution is 6.32. The molecule has 26 heavy (non-hydrogen) atoms. The molecule has 3 aliphatic rings. The number of rotatable bonds is 2. The van der Waals surface area contributed by atoms with Gasteiger partial charge in [-0.15, -0.1) is 0 Å². The molecular formula is C16H13ClN5O4+. The van der Waals surface area contributed by atoms with Gasteiger partial charge in [0, 0.05) is 12.0 Å². The van der Waals surface area contributed by atoms with E-state index in [0.29, 0.717) is 5.56 Å². The molecule has 0 aromatic heterocycles. The fourth-order valence-electron chi connectivity index (χ4n) is 4.31. The number of nitro groups is 1. The van der Waals surface area contributed by atoms with Crippen molar-refractivity contribution in [2.45, 2.75) is 24.9 Å². The summed E-state index contributed by atoms with van der Waals surface area (Å²) in [4.78, 5) is 13.4. The van der Waals surface area contributed by atoms with Crippen molar-refractivity contribution in [1.29, 1.82) is 10.5 Å². The average Bonchev–Trinajstić information content (AvgIpc) is 2.99. The van der Waals surface area contributed by atoms with Crippen molar-refractivity contribution in [3.63, 3.8) is 0 Å². The minimum Gasteiger partial charge on any atom is -0.311 e. The van der Waals surface area contributed by atoms with Crippen LogP contribution in [-0.2, 0) is 9.47 Å². The minimum absolute atomic E-state index is 0.0339. The van der Waals surface area contributed by atoms with Crippen LogP contribution in [0.4, 0.5) is 5.69 Å². The minimum atomic E-state index is -1.57. The smallest absolute Gasteiger partial charge is 0.311 e. The molecule has 3 N–H and O–H groups in total. The molecule has 2 heterocycles. The number of amidine groups is 1. The molecule has 10 heteroatoms. The SMILES string of the molecule is C[C@@H]1CO[C@]2([NH+]=C(N)[C@@]3(C#N)[C@@H](c4ccc(Cl)c([N+](=O)[O-])c4)[C@@]23C#N)O1. The lowest BCUT2D eigenvalue weighted by Crippen LogP contribution is -2.90. The summed E-state index contributed by atoms with van der Waals surface area (Å²) in [5, 5.41) is 31.1. The van der Waals surface area contributed by atoms with E-state index in [9.17, 15) is 20.6 Å². The number of nitro benzene ring substituents is 1. The second-order valence-corrected chi connectivity index (χ2v) is 7.04. The van der Waals surface area contributed by atoms with Crippen molar-refractivity contribution in [1.82, 2.24) is 0 Å². The number of nitrogens with two attached hydrogens (primary N) is 1. The summed E-state index contributed by atoms with van der Waals surface area (Å²) in [6, 6.07) is 8.47. The van der Waals surface area contributed by atoms with Crippen LogP contribution in [0.2, 0.25) is 5.02 Å². The van der Waals surface area contributed by atoms with Crippen LogP contribution in [0.3, 0.4) is 0 Å². The van der Waals surface area contributed by atoms with Crippen molar-refractivity contribution in [3.8, 4) is 12.1 Å². The standard InChI is InChI=1S/C16H12ClN5O4/c1-8-5-25-16(26-8)15(7-19)12(14(15,6-18)13(20)21-16)9-2-3-10(17)11(4-9)22(23)24/h2-4,8,12H,5H2,1H3,(H2,20,21)/p+1/t8-,12-,14-,15-,16+/m1/s1. The third-order valence-corrected chi connectivity index (χ3v) is 5.71. The molecule has 1 saturated carbocycles. The van der Waals surface area contributed by atoms with Gasteiger partial charge in [0.25, 0.3) is 11.5 Å². The van der Waals surface area contributed by atoms with Crippen molar-refractivity contribution in [2.24, 2.45) is 16.6 Å². The Bertz CT molecular complexity index is 968. The zero-order valence-electron chi connectivity index (χ0n) is 13.5. The Morgan fingerprint density at radius 3 is 2.73 bits per heavy atom. The number of nitrogens with one attached hydrogen (secondary N) is 1. The van der Waals surface area contributed by atoms with Crippen LogP contribution in [0.1, 0.15) is 18.4 Å². The highest BCUT2D eigenvalue weighted by Crippen LogP contribution is 2.79. The van der Waals surface area contributed by atoms with Crippen molar-refractivity contribution in [2.75, 3.05) is 6.61 Å². The monoisotopic (exact) mass is 374 g/mol. The van der Waals surface area contributed by atoms with Crippen LogP contribution in [0.25, 0.3) is 0 Å². The first kappa shape index (κ1) is 16.7. The van der Waals surface area contributed by atoms with Gasteiger partial charge in [-0.2, -0.15) is 10.5 Å². The predicted molar refractivity (Wildman–Crippen MR) is 86.3 cm³/mol. The molecule has 9 nitrogen and oxygen atoms in total. The molecule has 1 aromatic carbocycles. The Labute approximate surface area is 152 Å². The zero-order chi connectivity index (χ0) is 18.9. The number of nitrogens with zero attached hydrogens (tertiary/aromatic N) is 3. The van der Waals surface area contributed by atoms with Gasteiger partial charge >= 0.3 is 5.91 Å². The number of hydrogen-bond acceptors (Lipinski definition) is 7. The van der Waals surface area contributed by atoms with Crippen molar-refractivity contribution < 1.29 is 19.4 Å². The van der Waals surface area contributed by atoms with Crippen LogP contribution < -0.4 is 10.7 Å². The van der Waals surface area contributed by atoms with E-state index in [1.54, 1.807) is 13.0 Å². The number of benzene rings is 1. The number of ether oxygens (including phenoxy) is 2. The normalized spacial score (nSPS) is 39.8. The van der Waals surface area contributed by atoms with Gasteiger partial charge in [-0.3, -0.25) is 15.8 Å². The number of fused-ring (bicyclic) bond motifs is 2. The fraction of sp³-hybridized carbons (Fsp3) is 0.438. The molecule has 4 rings (SSSR count). The number of nitriles is 2. The highest BCUT2D eigenvalue weighted by Gasteiger charge is 2.97. The first-order valence-electron chi connectivity index (χ1n) is 7.79. The molecule has 1 aliphatic carbocycles. The van der Waals surface area contributed by atoms with Gasteiger partial charge in [0.05, 0.1) is 29.8 Å². The van der Waals surface area contributed by atoms with E-state index in [1.165, 1.54) is 12.1 Å². The van der Waals surface area contributed by atoms with Crippen LogP contribution in [0.15, 0.2) is 18.2 Å². The van der Waals surface area contributed by atoms with Gasteiger partial charge in [-0.05, 0) is 18.6 Å². The van der Waals surface area contributed by atoms with Gasteiger partial charge in [0.15, 0.2) is 10.8 Å². The highest BCUT2D eigenvalue weighted by atomic mass is 35.5. The van der Waals surface area contributed by atoms with Crippen LogP contribution in [0.5, 0.6) is 0 Å². The average molecular weight is 375 g/mol. The summed E-state index contributed by atoms with van der Waals surface area (Å²) in [5.41, 5.74) is 3.30. The molecule has 1 saturated heterocycles. The summed E-state index contributed by atoms with van der Waals surface area (Å²) in [6.45, 7) is 1.99. The molecule has 1 spiro atoms. The van der Waals surface area contributed by atoms with Gasteiger partial charge < -0.3 is 9.47 Å². The quantitative estimate of drug-likeness (QED) is 0.542. The first-order chi connectivity index (χ1) is 12.3. The third-order valence-electron chi connectivity index (χ3n) is 5.39. The Hall–Kier alpha value is -2.72. The molecular weight excluding hydrogens is 362 g/mol. The van der Waals surface area contributed by atoms with E-state index in [1.807, 2.05) is 0 Å². The summed E-state index contributed by atoms with van der Waals surface area (Å²) >= 11 is 5.88. The first-order valence-corrected chi connectivity index (χ1v) is 8.16. The second-order valence-electron chi connectivity index (χ2n) is 6.64. The van der Waals surface area contributed by atoms with Gasteiger partial charge in [0.2, 0.25) is 0 Å². The summed E-state index contributed by atoms with van der Waals surface area (Å²) < 4.78 is 11.6. The van der Waals surface area contributed by atoms with Crippen LogP contribution in [-0.4, -0.2) is 29.4 Å². The van der Waals surface area contributed by atoms with E-state index in [4.69, 9.17) is 26.8 Å². The van der Waals surface area contributed by atoms with Crippen LogP contribution >= 0.6 is 11.6 Å². The van der Waals surface area contributed by atoms with E-state index in [0.717, 1.165) is 0 Å². The fourth-order valence-corrected chi connectivity index (χ4v) is 4.50. The number of halogens is 1. The number of hydrogen-bond donors (Lipinski definition) is 2. The summed E-state index contributed by atoms with van der Waals surface area (Å²) in [6.07, 6.45) is -0.309. The third kappa shape index (κ3) is 1.59. The maximum Gasteiger partial charge on any atom is 0.343 e. The molecule has 132 valence electrons. The van der Waals surface area contributed by atoms with Gasteiger partial charge in [-0.25, -0.2) is 4.99 Å². The van der Waals surface area contributed by atoms with E-state index in [-0.39, 0.29) is 29.3 Å². The molecule has 0 unspecified atom stereocenters. The summed E-state index contributed by atoms with van der Waals surface area (Å²) in [7, 11) is 0. The lowest BCUT2D eigenvalue weighted by Gasteiger charge is -2.23.